The maximum atomic E-state index is 12.9. The molecule has 0 aromatic carbocycles. The number of ketones is 1. The molecule has 0 radical (unpaired) electrons. The van der Waals surface area contributed by atoms with Gasteiger partial charge in [0.1, 0.15) is 11.7 Å². The Morgan fingerprint density at radius 1 is 1.20 bits per heavy atom. The summed E-state index contributed by atoms with van der Waals surface area (Å²) in [6, 6.07) is 0. The maximum absolute atomic E-state index is 12.9. The van der Waals surface area contributed by atoms with Gasteiger partial charge in [-0.25, -0.2) is 4.79 Å². The first-order valence-corrected chi connectivity index (χ1v) is 8.85. The zero-order valence-electron chi connectivity index (χ0n) is 14.9. The Labute approximate surface area is 147 Å². The largest absolute Gasteiger partial charge is 0.454 e. The number of carbonyl (C=O) groups is 2. The lowest BCUT2D eigenvalue weighted by Crippen LogP contribution is -2.46. The predicted molar refractivity (Wildman–Crippen MR) is 90.4 cm³/mol. The van der Waals surface area contributed by atoms with E-state index in [1.165, 1.54) is 6.92 Å². The first-order chi connectivity index (χ1) is 11.5. The predicted octanol–water partition coefficient (Wildman–Crippen LogP) is 1.99. The summed E-state index contributed by atoms with van der Waals surface area (Å²) in [5.41, 5.74) is 1.10. The number of hydrogen-bond donors (Lipinski definition) is 2. The molecule has 0 aromatic heterocycles. The first-order valence-electron chi connectivity index (χ1n) is 8.85. The number of carbonyl (C=O) groups excluding carboxylic acids is 2. The Kier molecular flexibility index (Phi) is 3.29. The van der Waals surface area contributed by atoms with Crippen LogP contribution in [0.5, 0.6) is 0 Å². The van der Waals surface area contributed by atoms with E-state index in [2.05, 4.69) is 6.58 Å². The van der Waals surface area contributed by atoms with Gasteiger partial charge in [-0.15, -0.1) is 0 Å². The lowest BCUT2D eigenvalue weighted by atomic mass is 9.62. The van der Waals surface area contributed by atoms with Crippen molar-refractivity contribution in [3.05, 3.63) is 34.4 Å². The van der Waals surface area contributed by atoms with Crippen LogP contribution in [0.4, 0.5) is 0 Å². The fourth-order valence-corrected chi connectivity index (χ4v) is 5.34. The normalized spacial score (nSPS) is 43.7. The van der Waals surface area contributed by atoms with Gasteiger partial charge in [-0.2, -0.15) is 0 Å². The molecule has 0 aromatic rings. The van der Waals surface area contributed by atoms with Gasteiger partial charge in [0, 0.05) is 29.4 Å². The highest BCUT2D eigenvalue weighted by atomic mass is 16.5. The smallest absolute Gasteiger partial charge is 0.334 e. The van der Waals surface area contributed by atoms with E-state index in [1.807, 2.05) is 0 Å². The average molecular weight is 344 g/mol. The number of aliphatic hydroxyl groups is 2. The van der Waals surface area contributed by atoms with Crippen LogP contribution < -0.4 is 0 Å². The molecule has 1 heterocycles. The quantitative estimate of drug-likeness (QED) is 0.519. The minimum absolute atomic E-state index is 0.255. The van der Waals surface area contributed by atoms with E-state index in [4.69, 9.17) is 4.74 Å². The van der Waals surface area contributed by atoms with E-state index in [1.54, 1.807) is 13.8 Å². The zero-order valence-corrected chi connectivity index (χ0v) is 14.9. The molecule has 0 amide bonds. The molecule has 1 saturated carbocycles. The lowest BCUT2D eigenvalue weighted by molar-refractivity contribution is -0.140. The van der Waals surface area contributed by atoms with Crippen LogP contribution in [0.25, 0.3) is 0 Å². The SMILES string of the molecule is C=C1CC[C@@H]2OC(=O)C(C)=C2[C@@H]2[C@@H]1C1=C(C[C@@](C)(O)C1=O)C[C@@]2(C)O. The van der Waals surface area contributed by atoms with Crippen molar-refractivity contribution in [2.45, 2.75) is 63.8 Å². The van der Waals surface area contributed by atoms with Gasteiger partial charge in [0.15, 0.2) is 5.78 Å². The Morgan fingerprint density at radius 2 is 1.88 bits per heavy atom. The van der Waals surface area contributed by atoms with Gasteiger partial charge in [0.05, 0.1) is 5.60 Å². The lowest BCUT2D eigenvalue weighted by Gasteiger charge is -2.44. The van der Waals surface area contributed by atoms with Crippen molar-refractivity contribution >= 4 is 11.8 Å². The van der Waals surface area contributed by atoms with E-state index in [0.717, 1.165) is 16.7 Å². The van der Waals surface area contributed by atoms with Crippen LogP contribution in [-0.4, -0.2) is 39.3 Å². The fourth-order valence-electron chi connectivity index (χ4n) is 5.34. The molecule has 5 heteroatoms. The van der Waals surface area contributed by atoms with Crippen LogP contribution in [0.1, 0.15) is 46.5 Å². The van der Waals surface area contributed by atoms with Gasteiger partial charge < -0.3 is 14.9 Å². The van der Waals surface area contributed by atoms with Crippen LogP contribution >= 0.6 is 0 Å². The van der Waals surface area contributed by atoms with Crippen LogP contribution in [0.3, 0.4) is 0 Å². The second-order valence-corrected chi connectivity index (χ2v) is 8.46. The second kappa shape index (κ2) is 4.92. The van der Waals surface area contributed by atoms with E-state index < -0.39 is 17.1 Å². The Hall–Kier alpha value is -1.72. The maximum Gasteiger partial charge on any atom is 0.334 e. The number of hydrogen-bond acceptors (Lipinski definition) is 5. The molecular formula is C20H24O5. The molecule has 1 aliphatic heterocycles. The summed E-state index contributed by atoms with van der Waals surface area (Å²) in [5, 5.41) is 21.8. The van der Waals surface area contributed by atoms with Crippen molar-refractivity contribution < 1.29 is 24.5 Å². The summed E-state index contributed by atoms with van der Waals surface area (Å²) in [6.07, 6.45) is 1.46. The van der Waals surface area contributed by atoms with Crippen molar-refractivity contribution in [3.8, 4) is 0 Å². The molecule has 5 atom stereocenters. The molecule has 1 fully saturated rings. The third kappa shape index (κ3) is 2.15. The highest BCUT2D eigenvalue weighted by Crippen LogP contribution is 2.57. The number of fused-ring (bicyclic) bond motifs is 4. The Balaban J connectivity index is 1.94. The number of Topliss-reactive ketones (excluding diaryl/α,β-unsaturated/α-hetero) is 1. The molecule has 4 rings (SSSR count). The zero-order chi connectivity index (χ0) is 18.3. The molecule has 3 aliphatic carbocycles. The third-order valence-electron chi connectivity index (χ3n) is 6.40. The van der Waals surface area contributed by atoms with Crippen molar-refractivity contribution in [2.75, 3.05) is 0 Å². The van der Waals surface area contributed by atoms with E-state index in [-0.39, 0.29) is 30.2 Å². The topological polar surface area (TPSA) is 83.8 Å². The van der Waals surface area contributed by atoms with Crippen molar-refractivity contribution in [2.24, 2.45) is 11.8 Å². The van der Waals surface area contributed by atoms with Crippen molar-refractivity contribution in [1.82, 2.24) is 0 Å². The Morgan fingerprint density at radius 3 is 2.56 bits per heavy atom. The summed E-state index contributed by atoms with van der Waals surface area (Å²) >= 11 is 0. The summed E-state index contributed by atoms with van der Waals surface area (Å²) in [7, 11) is 0. The molecule has 134 valence electrons. The fraction of sp³-hybridized carbons (Fsp3) is 0.600. The van der Waals surface area contributed by atoms with Crippen LogP contribution in [0, 0.1) is 11.8 Å². The van der Waals surface area contributed by atoms with E-state index in [0.29, 0.717) is 30.4 Å². The minimum atomic E-state index is -1.42. The molecule has 5 nitrogen and oxygen atoms in total. The molecule has 4 aliphatic rings. The van der Waals surface area contributed by atoms with Gasteiger partial charge in [-0.05, 0) is 45.6 Å². The average Bonchev–Trinajstić information content (AvgIpc) is 2.81. The van der Waals surface area contributed by atoms with Crippen LogP contribution in [0.15, 0.2) is 34.4 Å². The van der Waals surface area contributed by atoms with Gasteiger partial charge in [-0.3, -0.25) is 4.79 Å². The molecule has 0 unspecified atom stereocenters. The number of esters is 1. The van der Waals surface area contributed by atoms with Crippen molar-refractivity contribution in [1.29, 1.82) is 0 Å². The summed E-state index contributed by atoms with van der Waals surface area (Å²) in [6.45, 7) is 9.22. The van der Waals surface area contributed by atoms with Crippen LogP contribution in [-0.2, 0) is 14.3 Å². The monoisotopic (exact) mass is 344 g/mol. The van der Waals surface area contributed by atoms with E-state index in [9.17, 15) is 19.8 Å². The third-order valence-corrected chi connectivity index (χ3v) is 6.40. The number of rotatable bonds is 0. The highest BCUT2D eigenvalue weighted by Gasteiger charge is 2.58. The first kappa shape index (κ1) is 16.7. The molecule has 25 heavy (non-hydrogen) atoms. The summed E-state index contributed by atoms with van der Waals surface area (Å²) < 4.78 is 5.51. The Bertz CT molecular complexity index is 780. The summed E-state index contributed by atoms with van der Waals surface area (Å²) in [4.78, 5) is 25.0. The van der Waals surface area contributed by atoms with Gasteiger partial charge in [-0.1, -0.05) is 17.7 Å². The molecule has 0 saturated heterocycles. The number of ether oxygens (including phenoxy) is 1. The molecule has 2 N–H and O–H groups in total. The highest BCUT2D eigenvalue weighted by molar-refractivity contribution is 6.06. The van der Waals surface area contributed by atoms with Crippen molar-refractivity contribution in [3.63, 3.8) is 0 Å². The van der Waals surface area contributed by atoms with Gasteiger partial charge in [0.2, 0.25) is 0 Å². The number of allylic oxidation sites excluding steroid dienone is 1. The van der Waals surface area contributed by atoms with Crippen LogP contribution in [0.2, 0.25) is 0 Å². The standard InChI is InChI=1S/C20H24O5/c1-9-5-6-12-14(10(2)18(22)25-12)16-13(9)15-11(7-19(16,3)23)8-20(4,24)17(15)21/h12-13,16,23-24H,1,5-8H2,2-4H3/t12-,13-,16-,19+,20+/m0/s1. The molecule has 0 bridgehead atoms. The second-order valence-electron chi connectivity index (χ2n) is 8.46. The molecular weight excluding hydrogens is 320 g/mol. The minimum Gasteiger partial charge on any atom is -0.454 e. The van der Waals surface area contributed by atoms with Gasteiger partial charge >= 0.3 is 5.97 Å². The molecule has 0 spiro atoms. The van der Waals surface area contributed by atoms with E-state index >= 15 is 0 Å². The van der Waals surface area contributed by atoms with Gasteiger partial charge in [0.25, 0.3) is 0 Å². The summed E-state index contributed by atoms with van der Waals surface area (Å²) in [5.74, 6) is -1.40.